The van der Waals surface area contributed by atoms with E-state index in [-0.39, 0.29) is 17.1 Å². The van der Waals surface area contributed by atoms with Gasteiger partial charge in [0.1, 0.15) is 17.4 Å². The van der Waals surface area contributed by atoms with E-state index in [1.807, 2.05) is 30.3 Å². The minimum Gasteiger partial charge on any atom is -0.507 e. The minimum atomic E-state index is -0.372. The molecule has 4 nitrogen and oxygen atoms in total. The fourth-order valence-corrected chi connectivity index (χ4v) is 2.32. The zero-order chi connectivity index (χ0) is 15.5. The van der Waals surface area contributed by atoms with Crippen molar-refractivity contribution in [2.75, 3.05) is 0 Å². The molecule has 106 valence electrons. The lowest BCUT2D eigenvalue weighted by Crippen LogP contribution is -2.01. The first kappa shape index (κ1) is 13.7. The zero-order valence-electron chi connectivity index (χ0n) is 11.6. The molecule has 0 aliphatic heterocycles. The number of aromatic nitrogens is 1. The summed E-state index contributed by atoms with van der Waals surface area (Å²) in [7, 11) is 0. The highest BCUT2D eigenvalue weighted by atomic mass is 16.3. The normalized spacial score (nSPS) is 11.3. The van der Waals surface area contributed by atoms with Crippen LogP contribution in [-0.4, -0.2) is 15.9 Å². The number of nitrogens with zero attached hydrogens (tertiary/aromatic N) is 1. The van der Waals surface area contributed by atoms with E-state index in [0.29, 0.717) is 11.1 Å². The van der Waals surface area contributed by atoms with Gasteiger partial charge >= 0.3 is 0 Å². The Kier molecular flexibility index (Phi) is 3.47. The first-order valence-electron chi connectivity index (χ1n) is 6.71. The van der Waals surface area contributed by atoms with Crippen LogP contribution in [0.25, 0.3) is 17.0 Å². The molecule has 0 spiro atoms. The smallest absolute Gasteiger partial charge is 0.205 e. The zero-order valence-corrected chi connectivity index (χ0v) is 11.6. The second kappa shape index (κ2) is 5.58. The number of nitriles is 1. The van der Waals surface area contributed by atoms with Gasteiger partial charge < -0.3 is 10.1 Å². The predicted octanol–water partition coefficient (Wildman–Crippen LogP) is 3.66. The van der Waals surface area contributed by atoms with Crippen molar-refractivity contribution in [2.45, 2.75) is 0 Å². The van der Waals surface area contributed by atoms with Crippen LogP contribution < -0.4 is 0 Å². The fourth-order valence-electron chi connectivity index (χ4n) is 2.32. The third-order valence-electron chi connectivity index (χ3n) is 3.44. The average Bonchev–Trinajstić information content (AvgIpc) is 2.97. The maximum absolute atomic E-state index is 12.6. The summed E-state index contributed by atoms with van der Waals surface area (Å²) in [6.07, 6.45) is 3.00. The Morgan fingerprint density at radius 1 is 1.14 bits per heavy atom. The second-order valence-electron chi connectivity index (χ2n) is 4.81. The molecule has 2 N–H and O–H groups in total. The third-order valence-corrected chi connectivity index (χ3v) is 3.44. The number of hydrogen-bond donors (Lipinski definition) is 2. The molecule has 0 atom stereocenters. The van der Waals surface area contributed by atoms with E-state index in [0.717, 1.165) is 10.9 Å². The highest BCUT2D eigenvalue weighted by molar-refractivity contribution is 6.19. The Morgan fingerprint density at radius 3 is 2.64 bits per heavy atom. The Morgan fingerprint density at radius 2 is 1.86 bits per heavy atom. The molecule has 0 saturated carbocycles. The lowest BCUT2D eigenvalue weighted by Gasteiger charge is -2.00. The summed E-state index contributed by atoms with van der Waals surface area (Å²) in [4.78, 5) is 15.6. The number of phenolic OH excluding ortho intramolecular Hbond substituents is 1. The van der Waals surface area contributed by atoms with Crippen LogP contribution in [0.3, 0.4) is 0 Å². The Bertz CT molecular complexity index is 929. The van der Waals surface area contributed by atoms with Crippen LogP contribution >= 0.6 is 0 Å². The summed E-state index contributed by atoms with van der Waals surface area (Å²) in [5.41, 5.74) is 1.70. The maximum atomic E-state index is 12.6. The number of rotatable bonds is 3. The molecule has 3 rings (SSSR count). The van der Waals surface area contributed by atoms with Crippen LogP contribution in [0.15, 0.2) is 60.3 Å². The molecule has 0 amide bonds. The van der Waals surface area contributed by atoms with Crippen molar-refractivity contribution in [3.05, 3.63) is 71.4 Å². The molecule has 0 saturated heterocycles. The summed E-state index contributed by atoms with van der Waals surface area (Å²) >= 11 is 0. The van der Waals surface area contributed by atoms with Crippen LogP contribution in [-0.2, 0) is 0 Å². The maximum Gasteiger partial charge on any atom is 0.205 e. The van der Waals surface area contributed by atoms with Gasteiger partial charge in [-0.25, -0.2) is 0 Å². The molecular weight excluding hydrogens is 276 g/mol. The van der Waals surface area contributed by atoms with Crippen molar-refractivity contribution in [3.8, 4) is 11.8 Å². The molecular formula is C18H12N2O2. The van der Waals surface area contributed by atoms with Crippen molar-refractivity contribution in [3.63, 3.8) is 0 Å². The number of hydrogen-bond acceptors (Lipinski definition) is 3. The molecule has 0 unspecified atom stereocenters. The molecule has 1 heterocycles. The summed E-state index contributed by atoms with van der Waals surface area (Å²) in [6.45, 7) is 0. The molecule has 1 aromatic heterocycles. The van der Waals surface area contributed by atoms with E-state index in [9.17, 15) is 15.2 Å². The van der Waals surface area contributed by atoms with Gasteiger partial charge in [0.05, 0.1) is 0 Å². The van der Waals surface area contributed by atoms with E-state index in [1.165, 1.54) is 12.1 Å². The number of fused-ring (bicyclic) bond motifs is 1. The highest BCUT2D eigenvalue weighted by Gasteiger charge is 2.16. The molecule has 0 fully saturated rings. The molecule has 4 heteroatoms. The largest absolute Gasteiger partial charge is 0.507 e. The molecule has 0 aliphatic rings. The Labute approximate surface area is 126 Å². The summed E-state index contributed by atoms with van der Waals surface area (Å²) in [6, 6.07) is 15.9. The van der Waals surface area contributed by atoms with E-state index in [1.54, 1.807) is 24.4 Å². The van der Waals surface area contributed by atoms with Crippen molar-refractivity contribution in [1.82, 2.24) is 4.98 Å². The lowest BCUT2D eigenvalue weighted by molar-refractivity contribution is 0.104. The van der Waals surface area contributed by atoms with Gasteiger partial charge in [0.25, 0.3) is 0 Å². The van der Waals surface area contributed by atoms with Gasteiger partial charge in [-0.05, 0) is 18.2 Å². The monoisotopic (exact) mass is 288 g/mol. The first-order valence-corrected chi connectivity index (χ1v) is 6.71. The standard InChI is InChI=1S/C18H12N2O2/c19-10-13(9-12-5-1-4-8-17(12)21)18(22)15-11-20-16-7-3-2-6-14(15)16/h1-9,11,20-21H/b13-9+. The highest BCUT2D eigenvalue weighted by Crippen LogP contribution is 2.23. The van der Waals surface area contributed by atoms with Crippen LogP contribution in [0, 0.1) is 11.3 Å². The SMILES string of the molecule is N#C/C(=C\c1ccccc1O)C(=O)c1c[nH]c2ccccc12. The van der Waals surface area contributed by atoms with Gasteiger partial charge in [-0.2, -0.15) is 5.26 Å². The van der Waals surface area contributed by atoms with Crippen molar-refractivity contribution < 1.29 is 9.90 Å². The number of carbonyl (C=O) groups excluding carboxylic acids is 1. The van der Waals surface area contributed by atoms with Crippen molar-refractivity contribution in [1.29, 1.82) is 5.26 Å². The third kappa shape index (κ3) is 2.36. The topological polar surface area (TPSA) is 76.9 Å². The van der Waals surface area contributed by atoms with Gasteiger partial charge in [0, 0.05) is 28.2 Å². The van der Waals surface area contributed by atoms with E-state index in [2.05, 4.69) is 4.98 Å². The molecule has 0 aliphatic carbocycles. The van der Waals surface area contributed by atoms with E-state index >= 15 is 0 Å². The number of phenols is 1. The number of ketones is 1. The summed E-state index contributed by atoms with van der Waals surface area (Å²) in [5, 5.41) is 19.8. The number of Topliss-reactive ketones (excluding diaryl/α,β-unsaturated/α-hetero) is 1. The number of aromatic hydroxyl groups is 1. The van der Waals surface area contributed by atoms with Gasteiger partial charge in [0.2, 0.25) is 5.78 Å². The first-order chi connectivity index (χ1) is 10.7. The number of aromatic amines is 1. The molecule has 0 bridgehead atoms. The quantitative estimate of drug-likeness (QED) is 0.438. The van der Waals surface area contributed by atoms with Gasteiger partial charge in [-0.15, -0.1) is 0 Å². The number of allylic oxidation sites excluding steroid dienone is 1. The molecule has 3 aromatic rings. The van der Waals surface area contributed by atoms with E-state index < -0.39 is 0 Å². The van der Waals surface area contributed by atoms with Crippen molar-refractivity contribution >= 4 is 22.8 Å². The minimum absolute atomic E-state index is 0.0220. The number of benzene rings is 2. The predicted molar refractivity (Wildman–Crippen MR) is 84.3 cm³/mol. The molecule has 22 heavy (non-hydrogen) atoms. The Balaban J connectivity index is 2.06. The van der Waals surface area contributed by atoms with Crippen LogP contribution in [0.4, 0.5) is 0 Å². The summed E-state index contributed by atoms with van der Waals surface area (Å²) in [5.74, 6) is -0.342. The van der Waals surface area contributed by atoms with Crippen LogP contribution in [0.2, 0.25) is 0 Å². The summed E-state index contributed by atoms with van der Waals surface area (Å²) < 4.78 is 0. The molecule has 2 aromatic carbocycles. The fraction of sp³-hybridized carbons (Fsp3) is 0. The lowest BCUT2D eigenvalue weighted by atomic mass is 10.0. The molecule has 0 radical (unpaired) electrons. The van der Waals surface area contributed by atoms with E-state index in [4.69, 9.17) is 0 Å². The van der Waals surface area contributed by atoms with Crippen molar-refractivity contribution in [2.24, 2.45) is 0 Å². The number of nitrogens with one attached hydrogen (secondary N) is 1. The average molecular weight is 288 g/mol. The number of H-pyrrole nitrogens is 1. The van der Waals surface area contributed by atoms with Crippen LogP contribution in [0.5, 0.6) is 5.75 Å². The Hall–Kier alpha value is -3.32. The van der Waals surface area contributed by atoms with Gasteiger partial charge in [-0.1, -0.05) is 36.4 Å². The van der Waals surface area contributed by atoms with Gasteiger partial charge in [0.15, 0.2) is 0 Å². The van der Waals surface area contributed by atoms with Gasteiger partial charge in [-0.3, -0.25) is 4.79 Å². The number of carbonyl (C=O) groups is 1. The second-order valence-corrected chi connectivity index (χ2v) is 4.81. The number of para-hydroxylation sites is 2. The van der Waals surface area contributed by atoms with Crippen LogP contribution in [0.1, 0.15) is 15.9 Å².